The van der Waals surface area contributed by atoms with Crippen molar-refractivity contribution in [3.63, 3.8) is 0 Å². The van der Waals surface area contributed by atoms with Gasteiger partial charge in [-0.25, -0.2) is 0 Å². The van der Waals surface area contributed by atoms with Crippen molar-refractivity contribution in [1.29, 1.82) is 0 Å². The molecule has 270 valence electrons. The van der Waals surface area contributed by atoms with Crippen LogP contribution in [0.15, 0.2) is 0 Å². The van der Waals surface area contributed by atoms with Gasteiger partial charge in [-0.3, -0.25) is 0 Å². The molecule has 0 bridgehead atoms. The standard InChI is InChI=1S/C45H90/c1-25-23-24-26(2)28(4)30(6)32(8)34(10)36(12)38(14)40(16)42(18)44(20)45(21,22)43(19)41(17)39(15)37(13)35(11)33(9)31(7)29(5)27(25)3/h25-44H,23-24H2,1-22H3. The molecule has 1 rings (SSSR count). The van der Waals surface area contributed by atoms with Crippen LogP contribution in [0.5, 0.6) is 0 Å². The summed E-state index contributed by atoms with van der Waals surface area (Å²) >= 11 is 0. The summed E-state index contributed by atoms with van der Waals surface area (Å²) in [6, 6.07) is 0. The summed E-state index contributed by atoms with van der Waals surface area (Å²) in [7, 11) is 0. The molecule has 1 saturated carbocycles. The summed E-state index contributed by atoms with van der Waals surface area (Å²) in [6.07, 6.45) is 2.76. The van der Waals surface area contributed by atoms with Crippen molar-refractivity contribution < 1.29 is 0 Å². The third kappa shape index (κ3) is 9.80. The molecule has 0 radical (unpaired) electrons. The van der Waals surface area contributed by atoms with E-state index in [1.54, 1.807) is 0 Å². The molecule has 20 unspecified atom stereocenters. The topological polar surface area (TPSA) is 0 Å². The smallest absolute Gasteiger partial charge is 0.0298 e. The Morgan fingerprint density at radius 2 is 0.400 bits per heavy atom. The minimum Gasteiger partial charge on any atom is -0.0622 e. The van der Waals surface area contributed by atoms with Crippen LogP contribution in [0.1, 0.15) is 165 Å². The molecule has 20 atom stereocenters. The fourth-order valence-corrected chi connectivity index (χ4v) is 10.5. The van der Waals surface area contributed by atoms with Crippen molar-refractivity contribution in [2.75, 3.05) is 0 Å². The van der Waals surface area contributed by atoms with Gasteiger partial charge in [0.15, 0.2) is 0 Å². The first-order valence-corrected chi connectivity index (χ1v) is 20.4. The molecule has 0 heteroatoms. The normalized spacial score (nSPS) is 52.7. The molecule has 0 aliphatic heterocycles. The predicted molar refractivity (Wildman–Crippen MR) is 206 cm³/mol. The average Bonchev–Trinajstić information content (AvgIpc) is 3.03. The lowest BCUT2D eigenvalue weighted by Gasteiger charge is -2.49. The molecule has 0 aromatic heterocycles. The summed E-state index contributed by atoms with van der Waals surface area (Å²) in [5.41, 5.74) is 0.306. The van der Waals surface area contributed by atoms with E-state index in [0.717, 1.165) is 94.7 Å². The molecular weight excluding hydrogens is 540 g/mol. The van der Waals surface area contributed by atoms with Crippen LogP contribution in [0.4, 0.5) is 0 Å². The quantitative estimate of drug-likeness (QED) is 0.250. The highest BCUT2D eigenvalue weighted by Crippen LogP contribution is 2.50. The van der Waals surface area contributed by atoms with Crippen LogP contribution < -0.4 is 0 Å². The summed E-state index contributed by atoms with van der Waals surface area (Å²) in [6.45, 7) is 57.0. The van der Waals surface area contributed by atoms with E-state index in [1.807, 2.05) is 0 Å². The van der Waals surface area contributed by atoms with E-state index in [9.17, 15) is 0 Å². The zero-order valence-electron chi connectivity index (χ0n) is 35.5. The van der Waals surface area contributed by atoms with Crippen molar-refractivity contribution in [3.05, 3.63) is 0 Å². The van der Waals surface area contributed by atoms with E-state index in [-0.39, 0.29) is 0 Å². The minimum absolute atomic E-state index is 0.306. The molecule has 0 saturated heterocycles. The van der Waals surface area contributed by atoms with Gasteiger partial charge < -0.3 is 0 Å². The predicted octanol–water partition coefficient (Wildman–Crippen LogP) is 14.5. The van der Waals surface area contributed by atoms with Crippen LogP contribution in [0.3, 0.4) is 0 Å². The number of hydrogen-bond acceptors (Lipinski definition) is 0. The lowest BCUT2D eigenvalue weighted by Crippen LogP contribution is -2.42. The first-order valence-electron chi connectivity index (χ1n) is 20.4. The average molecular weight is 631 g/mol. The van der Waals surface area contributed by atoms with Gasteiger partial charge in [0.05, 0.1) is 0 Å². The highest BCUT2D eigenvalue weighted by atomic mass is 14.5. The van der Waals surface area contributed by atoms with Gasteiger partial charge in [-0.1, -0.05) is 165 Å². The van der Waals surface area contributed by atoms with Crippen LogP contribution in [0, 0.1) is 124 Å². The van der Waals surface area contributed by atoms with E-state index in [4.69, 9.17) is 0 Å². The van der Waals surface area contributed by atoms with Gasteiger partial charge in [0, 0.05) is 0 Å². The monoisotopic (exact) mass is 631 g/mol. The van der Waals surface area contributed by atoms with Gasteiger partial charge in [0.2, 0.25) is 0 Å². The van der Waals surface area contributed by atoms with Crippen LogP contribution in [0.2, 0.25) is 0 Å². The molecule has 0 heterocycles. The maximum atomic E-state index is 2.61. The third-order valence-electron chi connectivity index (χ3n) is 18.4. The summed E-state index contributed by atoms with van der Waals surface area (Å²) in [5, 5.41) is 0. The largest absolute Gasteiger partial charge is 0.0622 e. The Morgan fingerprint density at radius 1 is 0.244 bits per heavy atom. The highest BCUT2D eigenvalue weighted by molar-refractivity contribution is 4.92. The Kier molecular flexibility index (Phi) is 16.8. The van der Waals surface area contributed by atoms with Crippen LogP contribution >= 0.6 is 0 Å². The van der Waals surface area contributed by atoms with E-state index >= 15 is 0 Å². The lowest BCUT2D eigenvalue weighted by atomic mass is 9.56. The Hall–Kier alpha value is 0. The number of hydrogen-bond donors (Lipinski definition) is 0. The molecule has 45 heavy (non-hydrogen) atoms. The fraction of sp³-hybridized carbons (Fsp3) is 1.00. The summed E-state index contributed by atoms with van der Waals surface area (Å²) < 4.78 is 0. The summed E-state index contributed by atoms with van der Waals surface area (Å²) in [5.74, 6) is 14.9. The first-order chi connectivity index (χ1) is 20.4. The number of rotatable bonds is 0. The molecule has 0 spiro atoms. The van der Waals surface area contributed by atoms with Gasteiger partial charge in [0.1, 0.15) is 0 Å². The Morgan fingerprint density at radius 3 is 0.600 bits per heavy atom. The minimum atomic E-state index is 0.306. The van der Waals surface area contributed by atoms with Gasteiger partial charge in [-0.15, -0.1) is 0 Å². The van der Waals surface area contributed by atoms with Crippen molar-refractivity contribution in [2.24, 2.45) is 124 Å². The molecule has 0 amide bonds. The molecule has 1 aliphatic carbocycles. The van der Waals surface area contributed by atoms with Crippen molar-refractivity contribution in [1.82, 2.24) is 0 Å². The molecule has 0 aromatic carbocycles. The van der Waals surface area contributed by atoms with Gasteiger partial charge in [0.25, 0.3) is 0 Å². The Balaban J connectivity index is 3.51. The molecule has 1 aliphatic rings. The van der Waals surface area contributed by atoms with E-state index in [2.05, 4.69) is 152 Å². The Bertz CT molecular complexity index is 758. The van der Waals surface area contributed by atoms with Crippen molar-refractivity contribution >= 4 is 0 Å². The third-order valence-corrected chi connectivity index (χ3v) is 18.4. The maximum Gasteiger partial charge on any atom is -0.0298 e. The van der Waals surface area contributed by atoms with Crippen LogP contribution in [-0.2, 0) is 0 Å². The van der Waals surface area contributed by atoms with Crippen molar-refractivity contribution in [2.45, 2.75) is 165 Å². The maximum absolute atomic E-state index is 2.61. The second kappa shape index (κ2) is 17.6. The summed E-state index contributed by atoms with van der Waals surface area (Å²) in [4.78, 5) is 0. The molecular formula is C45H90. The van der Waals surface area contributed by atoms with E-state index in [0.29, 0.717) is 29.1 Å². The molecule has 1 fully saturated rings. The van der Waals surface area contributed by atoms with Crippen LogP contribution in [-0.4, -0.2) is 0 Å². The fourth-order valence-electron chi connectivity index (χ4n) is 10.5. The first kappa shape index (κ1) is 43.0. The highest BCUT2D eigenvalue weighted by Gasteiger charge is 2.43. The van der Waals surface area contributed by atoms with Crippen molar-refractivity contribution in [3.8, 4) is 0 Å². The lowest BCUT2D eigenvalue weighted by molar-refractivity contribution is -0.00205. The molecule has 0 nitrogen and oxygen atoms in total. The van der Waals surface area contributed by atoms with E-state index in [1.165, 1.54) is 12.8 Å². The van der Waals surface area contributed by atoms with Gasteiger partial charge >= 0.3 is 0 Å². The van der Waals surface area contributed by atoms with Gasteiger partial charge in [-0.05, 0) is 124 Å². The second-order valence-corrected chi connectivity index (χ2v) is 19.7. The molecule has 0 N–H and O–H groups in total. The second-order valence-electron chi connectivity index (χ2n) is 19.7. The van der Waals surface area contributed by atoms with Gasteiger partial charge in [-0.2, -0.15) is 0 Å². The van der Waals surface area contributed by atoms with E-state index < -0.39 is 0 Å². The zero-order chi connectivity index (χ0) is 35.5. The Labute approximate surface area is 288 Å². The molecule has 0 aromatic rings. The van der Waals surface area contributed by atoms with Crippen LogP contribution in [0.25, 0.3) is 0 Å². The zero-order valence-corrected chi connectivity index (χ0v) is 35.5. The SMILES string of the molecule is CC1CCC(C)C(C)C(C)C(C)C(C)C(C)C(C)C(C)C(C)C(C)C(C)(C)C(C)C(C)C(C)C(C)C(C)C(C)C(C)C(C)C1C.